The summed E-state index contributed by atoms with van der Waals surface area (Å²) in [4.78, 5) is 11.7. The van der Waals surface area contributed by atoms with Crippen LogP contribution in [0.15, 0.2) is 23.1 Å². The molecule has 0 radical (unpaired) electrons. The highest BCUT2D eigenvalue weighted by atomic mass is 32.2. The number of carboxylic acids is 1. The first-order valence-corrected chi connectivity index (χ1v) is 6.90. The Morgan fingerprint density at radius 3 is 2.83 bits per heavy atom. The monoisotopic (exact) mass is 268 g/mol. The van der Waals surface area contributed by atoms with Crippen LogP contribution in [0, 0.1) is 5.92 Å². The normalized spacial score (nSPS) is 15.8. The van der Waals surface area contributed by atoms with Crippen LogP contribution in [0.5, 0.6) is 11.5 Å². The minimum absolute atomic E-state index is 0.356. The van der Waals surface area contributed by atoms with E-state index in [1.165, 1.54) is 11.8 Å². The summed E-state index contributed by atoms with van der Waals surface area (Å²) in [5.74, 6) is 0.945. The highest BCUT2D eigenvalue weighted by Gasteiger charge is 2.14. The van der Waals surface area contributed by atoms with Gasteiger partial charge in [-0.1, -0.05) is 6.92 Å². The third-order valence-electron chi connectivity index (χ3n) is 2.64. The van der Waals surface area contributed by atoms with Gasteiger partial charge >= 0.3 is 5.97 Å². The number of benzene rings is 1. The molecule has 0 bridgehead atoms. The molecule has 0 spiro atoms. The van der Waals surface area contributed by atoms with Crippen LogP contribution < -0.4 is 9.47 Å². The molecule has 1 heterocycles. The summed E-state index contributed by atoms with van der Waals surface area (Å²) >= 11 is 1.52. The van der Waals surface area contributed by atoms with Crippen molar-refractivity contribution < 1.29 is 19.4 Å². The molecule has 5 heteroatoms. The maximum Gasteiger partial charge on any atom is 0.307 e. The number of carboxylic acid groups (broad SMARTS) is 1. The van der Waals surface area contributed by atoms with E-state index in [1.54, 1.807) is 6.92 Å². The quantitative estimate of drug-likeness (QED) is 0.851. The Labute approximate surface area is 110 Å². The van der Waals surface area contributed by atoms with E-state index in [2.05, 4.69) is 0 Å². The lowest BCUT2D eigenvalue weighted by molar-refractivity contribution is -0.140. The summed E-state index contributed by atoms with van der Waals surface area (Å²) < 4.78 is 11.1. The van der Waals surface area contributed by atoms with Gasteiger partial charge in [-0.05, 0) is 18.2 Å². The Morgan fingerprint density at radius 1 is 1.39 bits per heavy atom. The maximum atomic E-state index is 10.7. The Morgan fingerprint density at radius 2 is 2.11 bits per heavy atom. The smallest absolute Gasteiger partial charge is 0.307 e. The summed E-state index contributed by atoms with van der Waals surface area (Å²) in [6.07, 6.45) is 0.882. The summed E-state index contributed by atoms with van der Waals surface area (Å²) in [6.45, 7) is 3.04. The minimum atomic E-state index is -0.767. The van der Waals surface area contributed by atoms with E-state index in [1.807, 2.05) is 18.2 Å². The predicted octanol–water partition coefficient (Wildman–Crippen LogP) is 2.66. The molecule has 0 saturated heterocycles. The van der Waals surface area contributed by atoms with Crippen LogP contribution in [0.2, 0.25) is 0 Å². The van der Waals surface area contributed by atoms with Crippen molar-refractivity contribution in [1.29, 1.82) is 0 Å². The van der Waals surface area contributed by atoms with E-state index in [4.69, 9.17) is 14.6 Å². The van der Waals surface area contributed by atoms with Crippen molar-refractivity contribution in [3.05, 3.63) is 18.2 Å². The maximum absolute atomic E-state index is 10.7. The molecule has 0 fully saturated rings. The summed E-state index contributed by atoms with van der Waals surface area (Å²) in [5.41, 5.74) is 0. The molecule has 1 N–H and O–H groups in total. The fourth-order valence-corrected chi connectivity index (χ4v) is 2.47. The first-order valence-electron chi connectivity index (χ1n) is 5.92. The van der Waals surface area contributed by atoms with E-state index in [9.17, 15) is 4.79 Å². The molecule has 4 nitrogen and oxygen atoms in total. The molecule has 1 aromatic carbocycles. The van der Waals surface area contributed by atoms with Gasteiger partial charge in [0.05, 0.1) is 19.1 Å². The van der Waals surface area contributed by atoms with Crippen molar-refractivity contribution in [2.24, 2.45) is 5.92 Å². The molecule has 1 atom stereocenters. The second-order valence-electron chi connectivity index (χ2n) is 4.21. The summed E-state index contributed by atoms with van der Waals surface area (Å²) in [5, 5.41) is 8.83. The first-order chi connectivity index (χ1) is 8.66. The highest BCUT2D eigenvalue weighted by molar-refractivity contribution is 7.99. The van der Waals surface area contributed by atoms with Crippen LogP contribution in [-0.4, -0.2) is 30.0 Å². The van der Waals surface area contributed by atoms with Gasteiger partial charge in [0.1, 0.15) is 0 Å². The lowest BCUT2D eigenvalue weighted by atomic mass is 10.2. The molecule has 1 aliphatic rings. The number of hydrogen-bond donors (Lipinski definition) is 1. The van der Waals surface area contributed by atoms with E-state index < -0.39 is 5.97 Å². The average Bonchev–Trinajstić information content (AvgIpc) is 2.60. The number of fused-ring (bicyclic) bond motifs is 1. The molecule has 1 aliphatic heterocycles. The molecule has 0 saturated carbocycles. The van der Waals surface area contributed by atoms with Gasteiger partial charge in [0.25, 0.3) is 0 Å². The second kappa shape index (κ2) is 6.00. The van der Waals surface area contributed by atoms with Crippen LogP contribution in [0.25, 0.3) is 0 Å². The van der Waals surface area contributed by atoms with Crippen LogP contribution >= 0.6 is 11.8 Å². The van der Waals surface area contributed by atoms with Crippen LogP contribution in [0.4, 0.5) is 0 Å². The zero-order chi connectivity index (χ0) is 13.0. The molecule has 2 rings (SSSR count). The highest BCUT2D eigenvalue weighted by Crippen LogP contribution is 2.34. The Balaban J connectivity index is 2.02. The van der Waals surface area contributed by atoms with Crippen molar-refractivity contribution in [3.63, 3.8) is 0 Å². The second-order valence-corrected chi connectivity index (χ2v) is 5.30. The summed E-state index contributed by atoms with van der Waals surface area (Å²) in [7, 11) is 0. The van der Waals surface area contributed by atoms with E-state index >= 15 is 0 Å². The number of rotatable bonds is 4. The van der Waals surface area contributed by atoms with Gasteiger partial charge in [0, 0.05) is 17.1 Å². The first kappa shape index (κ1) is 13.1. The molecule has 98 valence electrons. The fourth-order valence-electron chi connectivity index (χ4n) is 1.53. The molecule has 0 amide bonds. The standard InChI is InChI=1S/C13H16O4S/c1-9(13(14)15)8-18-10-3-4-11-12(7-10)17-6-2-5-16-11/h3-4,7,9H,2,5-6,8H2,1H3,(H,14,15). The van der Waals surface area contributed by atoms with Gasteiger partial charge < -0.3 is 14.6 Å². The third kappa shape index (κ3) is 3.32. The number of aliphatic carboxylic acids is 1. The third-order valence-corrected chi connectivity index (χ3v) is 3.89. The van der Waals surface area contributed by atoms with Crippen LogP contribution in [0.3, 0.4) is 0 Å². The molecule has 1 aromatic rings. The van der Waals surface area contributed by atoms with Gasteiger partial charge in [-0.3, -0.25) is 4.79 Å². The van der Waals surface area contributed by atoms with E-state index in [-0.39, 0.29) is 5.92 Å². The largest absolute Gasteiger partial charge is 0.490 e. The van der Waals surface area contributed by atoms with Gasteiger partial charge in [-0.25, -0.2) is 0 Å². The fraction of sp³-hybridized carbons (Fsp3) is 0.462. The Hall–Kier alpha value is -1.36. The number of hydrogen-bond acceptors (Lipinski definition) is 4. The van der Waals surface area contributed by atoms with Crippen molar-refractivity contribution in [2.45, 2.75) is 18.2 Å². The Kier molecular flexibility index (Phi) is 4.36. The topological polar surface area (TPSA) is 55.8 Å². The van der Waals surface area contributed by atoms with Gasteiger partial charge in [-0.2, -0.15) is 0 Å². The van der Waals surface area contributed by atoms with Crippen molar-refractivity contribution in [1.82, 2.24) is 0 Å². The van der Waals surface area contributed by atoms with Crippen LogP contribution in [0.1, 0.15) is 13.3 Å². The number of carbonyl (C=O) groups is 1. The van der Waals surface area contributed by atoms with Crippen LogP contribution in [-0.2, 0) is 4.79 Å². The number of ether oxygens (including phenoxy) is 2. The van der Waals surface area contributed by atoms with Crippen molar-refractivity contribution in [2.75, 3.05) is 19.0 Å². The molecule has 0 aromatic heterocycles. The molecular weight excluding hydrogens is 252 g/mol. The van der Waals surface area contributed by atoms with Gasteiger partial charge in [0.15, 0.2) is 11.5 Å². The van der Waals surface area contributed by atoms with Crippen molar-refractivity contribution in [3.8, 4) is 11.5 Å². The van der Waals surface area contributed by atoms with Crippen molar-refractivity contribution >= 4 is 17.7 Å². The molecular formula is C13H16O4S. The zero-order valence-corrected chi connectivity index (χ0v) is 11.0. The van der Waals surface area contributed by atoms with Gasteiger partial charge in [-0.15, -0.1) is 11.8 Å². The lowest BCUT2D eigenvalue weighted by Gasteiger charge is -2.10. The van der Waals surface area contributed by atoms with E-state index in [0.29, 0.717) is 19.0 Å². The Bertz CT molecular complexity index is 433. The van der Waals surface area contributed by atoms with E-state index in [0.717, 1.165) is 22.8 Å². The SMILES string of the molecule is CC(CSc1ccc2c(c1)OCCCO2)C(=O)O. The molecule has 18 heavy (non-hydrogen) atoms. The zero-order valence-electron chi connectivity index (χ0n) is 10.2. The lowest BCUT2D eigenvalue weighted by Crippen LogP contribution is -2.11. The average molecular weight is 268 g/mol. The predicted molar refractivity (Wildman–Crippen MR) is 69.6 cm³/mol. The van der Waals surface area contributed by atoms with Gasteiger partial charge in [0.2, 0.25) is 0 Å². The molecule has 0 aliphatic carbocycles. The molecule has 1 unspecified atom stereocenters. The number of thioether (sulfide) groups is 1. The minimum Gasteiger partial charge on any atom is -0.490 e. The summed E-state index contributed by atoms with van der Waals surface area (Å²) in [6, 6.07) is 5.74.